The van der Waals surface area contributed by atoms with E-state index in [9.17, 15) is 13.2 Å². The van der Waals surface area contributed by atoms with Crippen molar-refractivity contribution in [2.45, 2.75) is 6.18 Å². The lowest BCUT2D eigenvalue weighted by molar-refractivity contribution is -1.04. The van der Waals surface area contributed by atoms with E-state index < -0.39 is 11.7 Å². The van der Waals surface area contributed by atoms with Gasteiger partial charge in [-0.25, -0.2) is 5.21 Å². The lowest BCUT2D eigenvalue weighted by Crippen LogP contribution is -3.05. The molecule has 0 aromatic rings. The number of rotatable bonds is 0. The molecule has 0 amide bonds. The number of allylic oxidation sites excluding steroid dienone is 2. The Morgan fingerprint density at radius 1 is 1.45 bits per heavy atom. The van der Waals surface area contributed by atoms with Gasteiger partial charge in [0.25, 0.3) is 0 Å². The summed E-state index contributed by atoms with van der Waals surface area (Å²) >= 11 is 0. The number of halogens is 3. The predicted molar refractivity (Wildman–Crippen MR) is 30.9 cm³/mol. The summed E-state index contributed by atoms with van der Waals surface area (Å²) in [5.41, 5.74) is -0.699. The molecule has 0 radical (unpaired) electrons. The van der Waals surface area contributed by atoms with Crippen molar-refractivity contribution >= 4 is 0 Å². The standard InChI is InChI=1S/C6H6F3NO/c7-6(8,9)5-1-3-10(11)4-2-5/h1-3,11H,4H2/p+1. The van der Waals surface area contributed by atoms with Crippen LogP contribution in [0.1, 0.15) is 0 Å². The fraction of sp³-hybridized carbons (Fsp3) is 0.333. The van der Waals surface area contributed by atoms with Gasteiger partial charge in [0.1, 0.15) is 12.7 Å². The zero-order valence-electron chi connectivity index (χ0n) is 5.52. The van der Waals surface area contributed by atoms with Gasteiger partial charge in [0, 0.05) is 6.08 Å². The first-order valence-corrected chi connectivity index (χ1v) is 3.00. The average molecular weight is 166 g/mol. The Hall–Kier alpha value is -0.810. The van der Waals surface area contributed by atoms with Crippen LogP contribution in [0.2, 0.25) is 0 Å². The van der Waals surface area contributed by atoms with Crippen LogP contribution in [0.4, 0.5) is 13.2 Å². The molecular weight excluding hydrogens is 159 g/mol. The second-order valence-corrected chi connectivity index (χ2v) is 2.19. The number of nitrogens with one attached hydrogen (secondary N) is 1. The Bertz CT molecular complexity index is 206. The highest BCUT2D eigenvalue weighted by Crippen LogP contribution is 2.26. The van der Waals surface area contributed by atoms with Crippen molar-refractivity contribution in [1.29, 1.82) is 0 Å². The lowest BCUT2D eigenvalue weighted by atomic mass is 10.2. The summed E-state index contributed by atoms with van der Waals surface area (Å²) in [5.74, 6) is 0. The first-order chi connectivity index (χ1) is 5.00. The predicted octanol–water partition coefficient (Wildman–Crippen LogP) is 0.277. The molecule has 0 saturated heterocycles. The molecular formula is C6H7F3NO+. The normalized spacial score (nSPS) is 25.1. The van der Waals surface area contributed by atoms with Gasteiger partial charge in [-0.3, -0.25) is 0 Å². The van der Waals surface area contributed by atoms with Crippen LogP contribution in [-0.2, 0) is 0 Å². The number of alkyl halides is 3. The highest BCUT2D eigenvalue weighted by atomic mass is 19.4. The number of hydrogen-bond donors (Lipinski definition) is 2. The summed E-state index contributed by atoms with van der Waals surface area (Å²) < 4.78 is 35.6. The largest absolute Gasteiger partial charge is 0.416 e. The summed E-state index contributed by atoms with van der Waals surface area (Å²) in [6, 6.07) is 0. The molecule has 1 atom stereocenters. The van der Waals surface area contributed by atoms with Gasteiger partial charge in [0.05, 0.1) is 5.57 Å². The zero-order chi connectivity index (χ0) is 8.48. The minimum absolute atomic E-state index is 0.0364. The van der Waals surface area contributed by atoms with E-state index in [0.29, 0.717) is 0 Å². The van der Waals surface area contributed by atoms with Gasteiger partial charge in [-0.05, 0) is 6.08 Å². The van der Waals surface area contributed by atoms with Crippen molar-refractivity contribution in [3.63, 3.8) is 0 Å². The fourth-order valence-corrected chi connectivity index (χ4v) is 0.747. The van der Waals surface area contributed by atoms with Crippen LogP contribution in [0.15, 0.2) is 23.9 Å². The molecule has 5 heteroatoms. The molecule has 0 aromatic heterocycles. The van der Waals surface area contributed by atoms with Gasteiger partial charge in [-0.1, -0.05) is 0 Å². The van der Waals surface area contributed by atoms with Gasteiger partial charge < -0.3 is 0 Å². The smallest absolute Gasteiger partial charge is 0.214 e. The number of hydroxylamine groups is 2. The van der Waals surface area contributed by atoms with Crippen LogP contribution < -0.4 is 5.06 Å². The van der Waals surface area contributed by atoms with E-state index >= 15 is 0 Å². The van der Waals surface area contributed by atoms with Gasteiger partial charge in [0.2, 0.25) is 0 Å². The molecule has 62 valence electrons. The first kappa shape index (κ1) is 8.29. The third-order valence-electron chi connectivity index (χ3n) is 1.31. The van der Waals surface area contributed by atoms with E-state index in [-0.39, 0.29) is 11.6 Å². The average Bonchev–Trinajstić information content (AvgIpc) is 1.86. The van der Waals surface area contributed by atoms with Crippen molar-refractivity contribution in [2.75, 3.05) is 6.54 Å². The molecule has 1 unspecified atom stereocenters. The molecule has 0 spiro atoms. The van der Waals surface area contributed by atoms with E-state index in [2.05, 4.69) is 0 Å². The Labute approximate surface area is 61.2 Å². The molecule has 0 saturated carbocycles. The van der Waals surface area contributed by atoms with Crippen molar-refractivity contribution in [1.82, 2.24) is 0 Å². The molecule has 0 aromatic carbocycles. The highest BCUT2D eigenvalue weighted by Gasteiger charge is 2.33. The van der Waals surface area contributed by atoms with Crippen LogP contribution in [0.5, 0.6) is 0 Å². The Kier molecular flexibility index (Phi) is 2.01. The zero-order valence-corrected chi connectivity index (χ0v) is 5.52. The minimum Gasteiger partial charge on any atom is -0.214 e. The molecule has 0 bridgehead atoms. The summed E-state index contributed by atoms with van der Waals surface area (Å²) in [6.07, 6.45) is -1.42. The van der Waals surface area contributed by atoms with E-state index in [1.165, 1.54) is 0 Å². The van der Waals surface area contributed by atoms with E-state index in [1.807, 2.05) is 0 Å². The van der Waals surface area contributed by atoms with Gasteiger partial charge in [-0.15, -0.1) is 0 Å². The number of quaternary nitrogens is 1. The lowest BCUT2D eigenvalue weighted by Gasteiger charge is -2.12. The van der Waals surface area contributed by atoms with Crippen LogP contribution in [0.3, 0.4) is 0 Å². The topological polar surface area (TPSA) is 24.7 Å². The quantitative estimate of drug-likeness (QED) is 0.530. The van der Waals surface area contributed by atoms with Gasteiger partial charge >= 0.3 is 6.18 Å². The molecule has 11 heavy (non-hydrogen) atoms. The van der Waals surface area contributed by atoms with Gasteiger partial charge in [0.15, 0.2) is 0 Å². The molecule has 1 rings (SSSR count). The second kappa shape index (κ2) is 2.67. The Balaban J connectivity index is 2.71. The van der Waals surface area contributed by atoms with Crippen molar-refractivity contribution < 1.29 is 23.4 Å². The fourth-order valence-electron chi connectivity index (χ4n) is 0.747. The minimum atomic E-state index is -4.29. The summed E-state index contributed by atoms with van der Waals surface area (Å²) in [4.78, 5) is 0. The molecule has 0 aliphatic carbocycles. The molecule has 1 heterocycles. The van der Waals surface area contributed by atoms with E-state index in [1.54, 1.807) is 0 Å². The Morgan fingerprint density at radius 3 is 2.45 bits per heavy atom. The van der Waals surface area contributed by atoms with Crippen LogP contribution >= 0.6 is 0 Å². The highest BCUT2D eigenvalue weighted by molar-refractivity contribution is 5.23. The van der Waals surface area contributed by atoms with Crippen LogP contribution in [-0.4, -0.2) is 17.9 Å². The summed E-state index contributed by atoms with van der Waals surface area (Å²) in [7, 11) is 0. The van der Waals surface area contributed by atoms with Crippen molar-refractivity contribution in [3.05, 3.63) is 23.9 Å². The third-order valence-corrected chi connectivity index (χ3v) is 1.31. The maximum absolute atomic E-state index is 11.9. The Morgan fingerprint density at radius 2 is 2.09 bits per heavy atom. The maximum atomic E-state index is 11.9. The number of hydrogen-bond acceptors (Lipinski definition) is 1. The molecule has 0 fully saturated rings. The van der Waals surface area contributed by atoms with Gasteiger partial charge in [-0.2, -0.15) is 18.2 Å². The third kappa shape index (κ3) is 2.06. The first-order valence-electron chi connectivity index (χ1n) is 3.00. The maximum Gasteiger partial charge on any atom is 0.416 e. The second-order valence-electron chi connectivity index (χ2n) is 2.19. The molecule has 1 aliphatic rings. The summed E-state index contributed by atoms with van der Waals surface area (Å²) in [5, 5.41) is 8.67. The molecule has 2 N–H and O–H groups in total. The van der Waals surface area contributed by atoms with Crippen LogP contribution in [0.25, 0.3) is 0 Å². The van der Waals surface area contributed by atoms with E-state index in [0.717, 1.165) is 18.4 Å². The van der Waals surface area contributed by atoms with Crippen molar-refractivity contribution in [2.24, 2.45) is 0 Å². The monoisotopic (exact) mass is 166 g/mol. The molecule has 1 aliphatic heterocycles. The van der Waals surface area contributed by atoms with Crippen LogP contribution in [0, 0.1) is 0 Å². The molecule has 2 nitrogen and oxygen atoms in total. The SMILES string of the molecule is O[NH+]1C=CC(C(F)(F)F)=CC1. The van der Waals surface area contributed by atoms with Crippen molar-refractivity contribution in [3.8, 4) is 0 Å². The summed E-state index contributed by atoms with van der Waals surface area (Å²) in [6.45, 7) is -0.0364. The van der Waals surface area contributed by atoms with E-state index in [4.69, 9.17) is 5.21 Å².